The first-order valence-corrected chi connectivity index (χ1v) is 8.13. The maximum Gasteiger partial charge on any atom is 0.0165 e. The molecule has 0 aliphatic carbocycles. The van der Waals surface area contributed by atoms with Crippen molar-refractivity contribution in [2.24, 2.45) is 5.92 Å². The smallest absolute Gasteiger partial charge is 0.0165 e. The van der Waals surface area contributed by atoms with E-state index in [1.54, 1.807) is 0 Å². The molecule has 0 saturated carbocycles. The highest BCUT2D eigenvalue weighted by Crippen LogP contribution is 2.14. The Morgan fingerprint density at radius 3 is 2.42 bits per heavy atom. The summed E-state index contributed by atoms with van der Waals surface area (Å²) in [6.45, 7) is 15.0. The van der Waals surface area contributed by atoms with Crippen molar-refractivity contribution in [3.05, 3.63) is 11.6 Å². The zero-order valence-electron chi connectivity index (χ0n) is 13.7. The minimum atomic E-state index is 0.671. The molecule has 1 aliphatic heterocycles. The van der Waals surface area contributed by atoms with Gasteiger partial charge in [-0.15, -0.1) is 0 Å². The quantitative estimate of drug-likeness (QED) is 0.705. The summed E-state index contributed by atoms with van der Waals surface area (Å²) in [7, 11) is 0. The third-order valence-corrected chi connectivity index (χ3v) is 4.32. The van der Waals surface area contributed by atoms with Crippen LogP contribution in [0.2, 0.25) is 0 Å². The Balaban J connectivity index is 2.21. The van der Waals surface area contributed by atoms with Crippen LogP contribution in [0.1, 0.15) is 60.3 Å². The summed E-state index contributed by atoms with van der Waals surface area (Å²) in [6.07, 6.45) is 7.57. The lowest BCUT2D eigenvalue weighted by molar-refractivity contribution is 0.203. The van der Waals surface area contributed by atoms with E-state index in [0.717, 1.165) is 18.5 Å². The van der Waals surface area contributed by atoms with E-state index in [2.05, 4.69) is 50.9 Å². The normalized spacial score (nSPS) is 21.1. The molecule has 1 fully saturated rings. The Bertz CT molecular complexity index is 260. The summed E-state index contributed by atoms with van der Waals surface area (Å²) in [5, 5.41) is 3.83. The van der Waals surface area contributed by atoms with Gasteiger partial charge >= 0.3 is 0 Å². The molecule has 1 N–H and O–H groups in total. The van der Waals surface area contributed by atoms with Crippen molar-refractivity contribution in [2.45, 2.75) is 72.4 Å². The number of nitrogens with one attached hydrogen (secondary N) is 1. The van der Waals surface area contributed by atoms with Gasteiger partial charge in [0.1, 0.15) is 0 Å². The highest BCUT2D eigenvalue weighted by molar-refractivity contribution is 4.95. The average Bonchev–Trinajstić information content (AvgIpc) is 2.37. The van der Waals surface area contributed by atoms with E-state index in [-0.39, 0.29) is 0 Å². The van der Waals surface area contributed by atoms with Gasteiger partial charge in [0.2, 0.25) is 0 Å². The molecule has 0 aromatic heterocycles. The summed E-state index contributed by atoms with van der Waals surface area (Å²) >= 11 is 0. The number of nitrogens with zero attached hydrogens (tertiary/aromatic N) is 1. The molecule has 2 atom stereocenters. The van der Waals surface area contributed by atoms with E-state index < -0.39 is 0 Å². The Morgan fingerprint density at radius 2 is 1.89 bits per heavy atom. The molecule has 0 spiro atoms. The van der Waals surface area contributed by atoms with E-state index in [1.165, 1.54) is 44.3 Å². The molecule has 0 aromatic carbocycles. The SMILES string of the molecule is CCC(C)CC(C)NC1CCN(CC=C(C)C)CC1. The lowest BCUT2D eigenvalue weighted by atomic mass is 9.98. The molecule has 1 aliphatic rings. The predicted molar refractivity (Wildman–Crippen MR) is 85.6 cm³/mol. The molecule has 0 bridgehead atoms. The molecule has 2 heteroatoms. The Morgan fingerprint density at radius 1 is 1.26 bits per heavy atom. The average molecular weight is 266 g/mol. The molecule has 0 amide bonds. The van der Waals surface area contributed by atoms with Crippen LogP contribution in [-0.4, -0.2) is 36.6 Å². The molecule has 2 nitrogen and oxygen atoms in total. The second kappa shape index (κ2) is 8.76. The van der Waals surface area contributed by atoms with Crippen LogP contribution in [0, 0.1) is 5.92 Å². The van der Waals surface area contributed by atoms with Gasteiger partial charge in [-0.25, -0.2) is 0 Å². The van der Waals surface area contributed by atoms with Gasteiger partial charge in [-0.2, -0.15) is 0 Å². The van der Waals surface area contributed by atoms with Crippen LogP contribution in [0.5, 0.6) is 0 Å². The first kappa shape index (κ1) is 16.7. The summed E-state index contributed by atoms with van der Waals surface area (Å²) in [6, 6.07) is 1.41. The third-order valence-electron chi connectivity index (χ3n) is 4.32. The zero-order chi connectivity index (χ0) is 14.3. The highest BCUT2D eigenvalue weighted by Gasteiger charge is 2.20. The molecule has 1 heterocycles. The number of rotatable bonds is 7. The monoisotopic (exact) mass is 266 g/mol. The van der Waals surface area contributed by atoms with Crippen molar-refractivity contribution in [2.75, 3.05) is 19.6 Å². The predicted octanol–water partition coefficient (Wildman–Crippen LogP) is 3.83. The summed E-state index contributed by atoms with van der Waals surface area (Å²) in [5.74, 6) is 0.847. The Labute approximate surface area is 120 Å². The first-order chi connectivity index (χ1) is 9.01. The Kier molecular flexibility index (Phi) is 7.70. The second-order valence-corrected chi connectivity index (χ2v) is 6.67. The zero-order valence-corrected chi connectivity index (χ0v) is 13.7. The molecule has 1 saturated heterocycles. The van der Waals surface area contributed by atoms with Crippen LogP contribution >= 0.6 is 0 Å². The topological polar surface area (TPSA) is 15.3 Å². The van der Waals surface area contributed by atoms with Gasteiger partial charge < -0.3 is 5.32 Å². The first-order valence-electron chi connectivity index (χ1n) is 8.13. The van der Waals surface area contributed by atoms with E-state index in [0.29, 0.717) is 6.04 Å². The largest absolute Gasteiger partial charge is 0.311 e. The fourth-order valence-electron chi connectivity index (χ4n) is 2.83. The van der Waals surface area contributed by atoms with Crippen molar-refractivity contribution < 1.29 is 0 Å². The van der Waals surface area contributed by atoms with Gasteiger partial charge in [0.25, 0.3) is 0 Å². The number of likely N-dealkylation sites (tertiary alicyclic amines) is 1. The molecule has 2 unspecified atom stereocenters. The number of piperidine rings is 1. The van der Waals surface area contributed by atoms with E-state index in [1.807, 2.05) is 0 Å². The van der Waals surface area contributed by atoms with E-state index >= 15 is 0 Å². The summed E-state index contributed by atoms with van der Waals surface area (Å²) < 4.78 is 0. The van der Waals surface area contributed by atoms with Crippen LogP contribution in [0.4, 0.5) is 0 Å². The summed E-state index contributed by atoms with van der Waals surface area (Å²) in [4.78, 5) is 2.57. The van der Waals surface area contributed by atoms with Gasteiger partial charge in [0, 0.05) is 18.6 Å². The van der Waals surface area contributed by atoms with Crippen LogP contribution in [0.25, 0.3) is 0 Å². The molecular weight excluding hydrogens is 232 g/mol. The minimum absolute atomic E-state index is 0.671. The second-order valence-electron chi connectivity index (χ2n) is 6.67. The molecule has 112 valence electrons. The maximum absolute atomic E-state index is 3.83. The maximum atomic E-state index is 3.83. The summed E-state index contributed by atoms with van der Waals surface area (Å²) in [5.41, 5.74) is 1.43. The molecule has 0 aromatic rings. The number of allylic oxidation sites excluding steroid dienone is 1. The van der Waals surface area contributed by atoms with Gasteiger partial charge in [0.15, 0.2) is 0 Å². The van der Waals surface area contributed by atoms with Gasteiger partial charge in [-0.05, 0) is 59.0 Å². The minimum Gasteiger partial charge on any atom is -0.311 e. The number of hydrogen-bond acceptors (Lipinski definition) is 2. The van der Waals surface area contributed by atoms with E-state index in [4.69, 9.17) is 0 Å². The fourth-order valence-corrected chi connectivity index (χ4v) is 2.83. The molecule has 1 rings (SSSR count). The van der Waals surface area contributed by atoms with E-state index in [9.17, 15) is 0 Å². The lowest BCUT2D eigenvalue weighted by Crippen LogP contribution is -2.45. The van der Waals surface area contributed by atoms with Crippen LogP contribution in [0.15, 0.2) is 11.6 Å². The van der Waals surface area contributed by atoms with Crippen LogP contribution in [-0.2, 0) is 0 Å². The molecule has 19 heavy (non-hydrogen) atoms. The standard InChI is InChI=1S/C17H34N2/c1-6-15(4)13-16(5)18-17-8-11-19(12-9-17)10-7-14(2)3/h7,15-18H,6,8-13H2,1-5H3. The lowest BCUT2D eigenvalue weighted by Gasteiger charge is -2.34. The van der Waals surface area contributed by atoms with Crippen LogP contribution < -0.4 is 5.32 Å². The van der Waals surface area contributed by atoms with Crippen molar-refractivity contribution >= 4 is 0 Å². The molecular formula is C17H34N2. The third kappa shape index (κ3) is 7.12. The number of hydrogen-bond donors (Lipinski definition) is 1. The Hall–Kier alpha value is -0.340. The van der Waals surface area contributed by atoms with Gasteiger partial charge in [0.05, 0.1) is 0 Å². The van der Waals surface area contributed by atoms with Crippen molar-refractivity contribution in [3.63, 3.8) is 0 Å². The van der Waals surface area contributed by atoms with Crippen molar-refractivity contribution in [3.8, 4) is 0 Å². The van der Waals surface area contributed by atoms with Crippen molar-refractivity contribution in [1.29, 1.82) is 0 Å². The van der Waals surface area contributed by atoms with Gasteiger partial charge in [-0.1, -0.05) is 31.9 Å². The fraction of sp³-hybridized carbons (Fsp3) is 0.882. The molecule has 0 radical (unpaired) electrons. The van der Waals surface area contributed by atoms with Crippen molar-refractivity contribution in [1.82, 2.24) is 10.2 Å². The highest BCUT2D eigenvalue weighted by atomic mass is 15.1. The van der Waals surface area contributed by atoms with Gasteiger partial charge in [-0.3, -0.25) is 4.90 Å². The van der Waals surface area contributed by atoms with Crippen LogP contribution in [0.3, 0.4) is 0 Å².